The number of aliphatic hydroxyl groups excluding tert-OH is 1. The van der Waals surface area contributed by atoms with Crippen LogP contribution in [0.15, 0.2) is 18.2 Å². The van der Waals surface area contributed by atoms with E-state index in [0.717, 1.165) is 25.9 Å². The molecule has 1 aliphatic rings. The number of nitrogens with one attached hydrogen (secondary N) is 1. The van der Waals surface area contributed by atoms with Crippen LogP contribution in [-0.2, 0) is 0 Å². The minimum Gasteiger partial charge on any atom is -0.507 e. The molecule has 1 atom stereocenters. The van der Waals surface area contributed by atoms with Gasteiger partial charge in [-0.1, -0.05) is 5.92 Å². The molecule has 0 bridgehead atoms. The van der Waals surface area contributed by atoms with Crippen LogP contribution in [0.4, 0.5) is 5.95 Å². The number of terminal acetylenes is 1. The Morgan fingerprint density at radius 1 is 1.38 bits per heavy atom. The zero-order chi connectivity index (χ0) is 18.5. The molecule has 7 nitrogen and oxygen atoms in total. The lowest BCUT2D eigenvalue weighted by Crippen LogP contribution is -2.43. The van der Waals surface area contributed by atoms with Crippen LogP contribution in [-0.4, -0.2) is 62.6 Å². The molecule has 136 valence electrons. The third-order valence-corrected chi connectivity index (χ3v) is 4.54. The quantitative estimate of drug-likeness (QED) is 0.700. The Hall–Kier alpha value is -2.69. The number of aromatic hydroxyl groups is 1. The van der Waals surface area contributed by atoms with Gasteiger partial charge < -0.3 is 15.5 Å². The monoisotopic (exact) mass is 353 g/mol. The van der Waals surface area contributed by atoms with Crippen LogP contribution in [0, 0.1) is 19.3 Å². The number of anilines is 1. The van der Waals surface area contributed by atoms with E-state index in [0.29, 0.717) is 35.0 Å². The van der Waals surface area contributed by atoms with Crippen molar-refractivity contribution in [3.05, 3.63) is 29.5 Å². The van der Waals surface area contributed by atoms with E-state index in [1.807, 2.05) is 6.92 Å². The molecule has 0 unspecified atom stereocenters. The van der Waals surface area contributed by atoms with Crippen molar-refractivity contribution >= 4 is 5.95 Å². The first-order chi connectivity index (χ1) is 12.6. The van der Waals surface area contributed by atoms with Gasteiger partial charge in [-0.25, -0.2) is 4.98 Å². The molecular weight excluding hydrogens is 330 g/mol. The fraction of sp³-hybridized carbons (Fsp3) is 0.421. The number of phenolic OH excluding ortho intramolecular Hbond substituents is 1. The predicted octanol–water partition coefficient (Wildman–Crippen LogP) is 1.40. The molecule has 1 aromatic heterocycles. The smallest absolute Gasteiger partial charge is 0.243 e. The first kappa shape index (κ1) is 18.1. The Labute approximate surface area is 153 Å². The number of aliphatic hydroxyl groups is 1. The second-order valence-electron chi connectivity index (χ2n) is 6.45. The summed E-state index contributed by atoms with van der Waals surface area (Å²) >= 11 is 0. The minimum atomic E-state index is 0.0623. The summed E-state index contributed by atoms with van der Waals surface area (Å²) in [5.74, 6) is 3.02. The fourth-order valence-corrected chi connectivity index (χ4v) is 3.24. The number of hydrogen-bond donors (Lipinski definition) is 3. The highest BCUT2D eigenvalue weighted by molar-refractivity contribution is 5.69. The third kappa shape index (κ3) is 4.10. The molecule has 2 heterocycles. The average molecular weight is 353 g/mol. The standard InChI is InChI=1S/C19H23N5O2/c1-3-14-6-7-16(17(26)11-14)18-13(2)20-19(23-22-18)21-15-5-4-8-24(12-15)9-10-25/h1,6-7,11,15,25-26H,4-5,8-10,12H2,2H3,(H,20,21,23)/t15-/m1/s1. The van der Waals surface area contributed by atoms with Gasteiger partial charge in [0.15, 0.2) is 0 Å². The van der Waals surface area contributed by atoms with E-state index in [-0.39, 0.29) is 18.4 Å². The normalized spacial score (nSPS) is 17.7. The highest BCUT2D eigenvalue weighted by Gasteiger charge is 2.20. The van der Waals surface area contributed by atoms with Crippen molar-refractivity contribution in [2.75, 3.05) is 31.6 Å². The fourth-order valence-electron chi connectivity index (χ4n) is 3.24. The molecule has 0 radical (unpaired) electrons. The maximum atomic E-state index is 10.2. The van der Waals surface area contributed by atoms with Gasteiger partial charge in [-0.2, -0.15) is 0 Å². The van der Waals surface area contributed by atoms with Crippen molar-refractivity contribution < 1.29 is 10.2 Å². The van der Waals surface area contributed by atoms with Gasteiger partial charge in [0.05, 0.1) is 12.3 Å². The van der Waals surface area contributed by atoms with Gasteiger partial charge in [0.2, 0.25) is 5.95 Å². The number of nitrogens with zero attached hydrogens (tertiary/aromatic N) is 4. The van der Waals surface area contributed by atoms with Crippen LogP contribution >= 0.6 is 0 Å². The molecule has 7 heteroatoms. The first-order valence-corrected chi connectivity index (χ1v) is 8.71. The van der Waals surface area contributed by atoms with Gasteiger partial charge in [-0.15, -0.1) is 16.6 Å². The van der Waals surface area contributed by atoms with E-state index < -0.39 is 0 Å². The number of β-amino-alcohol motifs (C(OH)–C–C–N with tert-alkyl or cyclic N) is 1. The molecule has 0 aliphatic carbocycles. The second-order valence-corrected chi connectivity index (χ2v) is 6.45. The van der Waals surface area contributed by atoms with Crippen LogP contribution in [0.3, 0.4) is 0 Å². The zero-order valence-corrected chi connectivity index (χ0v) is 14.8. The predicted molar refractivity (Wildman–Crippen MR) is 99.8 cm³/mol. The summed E-state index contributed by atoms with van der Waals surface area (Å²) in [6.45, 7) is 4.53. The average Bonchev–Trinajstić information content (AvgIpc) is 2.63. The van der Waals surface area contributed by atoms with Crippen LogP contribution in [0.2, 0.25) is 0 Å². The van der Waals surface area contributed by atoms with Gasteiger partial charge in [0.1, 0.15) is 11.4 Å². The summed E-state index contributed by atoms with van der Waals surface area (Å²) in [6.07, 6.45) is 7.44. The lowest BCUT2D eigenvalue weighted by atomic mass is 10.1. The number of piperidine rings is 1. The molecule has 0 spiro atoms. The highest BCUT2D eigenvalue weighted by atomic mass is 16.3. The molecule has 1 saturated heterocycles. The van der Waals surface area contributed by atoms with Crippen molar-refractivity contribution in [3.63, 3.8) is 0 Å². The summed E-state index contributed by atoms with van der Waals surface area (Å²) in [7, 11) is 0. The molecule has 1 aliphatic heterocycles. The molecule has 1 aromatic carbocycles. The molecule has 3 rings (SSSR count). The van der Waals surface area contributed by atoms with Crippen LogP contribution in [0.5, 0.6) is 5.75 Å². The lowest BCUT2D eigenvalue weighted by Gasteiger charge is -2.32. The summed E-state index contributed by atoms with van der Waals surface area (Å²) in [6, 6.07) is 5.23. The Bertz CT molecular complexity index is 816. The van der Waals surface area contributed by atoms with E-state index in [4.69, 9.17) is 11.5 Å². The van der Waals surface area contributed by atoms with Crippen molar-refractivity contribution in [2.45, 2.75) is 25.8 Å². The Morgan fingerprint density at radius 2 is 2.23 bits per heavy atom. The van der Waals surface area contributed by atoms with E-state index in [1.165, 1.54) is 6.07 Å². The van der Waals surface area contributed by atoms with Gasteiger partial charge in [-0.05, 0) is 44.5 Å². The maximum Gasteiger partial charge on any atom is 0.243 e. The molecule has 0 amide bonds. The zero-order valence-electron chi connectivity index (χ0n) is 14.8. The number of aryl methyl sites for hydroxylation is 1. The van der Waals surface area contributed by atoms with E-state index >= 15 is 0 Å². The maximum absolute atomic E-state index is 10.2. The number of rotatable bonds is 5. The van der Waals surface area contributed by atoms with Gasteiger partial charge in [-0.3, -0.25) is 4.90 Å². The van der Waals surface area contributed by atoms with E-state index in [2.05, 4.69) is 31.3 Å². The largest absolute Gasteiger partial charge is 0.507 e. The molecule has 2 aromatic rings. The van der Waals surface area contributed by atoms with Crippen molar-refractivity contribution in [2.24, 2.45) is 0 Å². The van der Waals surface area contributed by atoms with Crippen LogP contribution < -0.4 is 5.32 Å². The summed E-state index contributed by atoms with van der Waals surface area (Å²) < 4.78 is 0. The summed E-state index contributed by atoms with van der Waals surface area (Å²) in [4.78, 5) is 6.72. The topological polar surface area (TPSA) is 94.4 Å². The molecule has 0 saturated carbocycles. The number of likely N-dealkylation sites (tertiary alicyclic amines) is 1. The molecule has 1 fully saturated rings. The van der Waals surface area contributed by atoms with Crippen molar-refractivity contribution in [1.29, 1.82) is 0 Å². The third-order valence-electron chi connectivity index (χ3n) is 4.54. The van der Waals surface area contributed by atoms with Gasteiger partial charge >= 0.3 is 0 Å². The van der Waals surface area contributed by atoms with Crippen LogP contribution in [0.25, 0.3) is 11.3 Å². The number of aromatic nitrogens is 3. The number of hydrogen-bond acceptors (Lipinski definition) is 7. The van der Waals surface area contributed by atoms with Crippen LogP contribution in [0.1, 0.15) is 24.1 Å². The molecule has 26 heavy (non-hydrogen) atoms. The molecule has 3 N–H and O–H groups in total. The first-order valence-electron chi connectivity index (χ1n) is 8.71. The SMILES string of the molecule is C#Cc1ccc(-c2nnc(N[C@@H]3CCCN(CCO)C3)nc2C)c(O)c1. The Kier molecular flexibility index (Phi) is 5.66. The van der Waals surface area contributed by atoms with E-state index in [1.54, 1.807) is 12.1 Å². The Balaban J connectivity index is 1.75. The minimum absolute atomic E-state index is 0.0623. The van der Waals surface area contributed by atoms with Crippen molar-refractivity contribution in [1.82, 2.24) is 20.1 Å². The highest BCUT2D eigenvalue weighted by Crippen LogP contribution is 2.30. The number of phenols is 1. The second kappa shape index (κ2) is 8.13. The lowest BCUT2D eigenvalue weighted by molar-refractivity contribution is 0.166. The van der Waals surface area contributed by atoms with Crippen molar-refractivity contribution in [3.8, 4) is 29.4 Å². The number of benzene rings is 1. The van der Waals surface area contributed by atoms with Gasteiger partial charge in [0, 0.05) is 30.3 Å². The summed E-state index contributed by atoms with van der Waals surface area (Å²) in [5, 5.41) is 31.0. The van der Waals surface area contributed by atoms with E-state index in [9.17, 15) is 5.11 Å². The molecular formula is C19H23N5O2. The Morgan fingerprint density at radius 3 is 2.92 bits per heavy atom. The van der Waals surface area contributed by atoms with Gasteiger partial charge in [0.25, 0.3) is 0 Å². The summed E-state index contributed by atoms with van der Waals surface area (Å²) in [5.41, 5.74) is 2.36.